The van der Waals surface area contributed by atoms with Gasteiger partial charge in [-0.1, -0.05) is 6.42 Å². The number of benzene rings is 1. The summed E-state index contributed by atoms with van der Waals surface area (Å²) in [7, 11) is 0. The van der Waals surface area contributed by atoms with Crippen molar-refractivity contribution in [2.45, 2.75) is 37.3 Å². The zero-order chi connectivity index (χ0) is 14.2. The minimum Gasteiger partial charge on any atom is -0.479 e. The quantitative estimate of drug-likeness (QED) is 0.891. The van der Waals surface area contributed by atoms with Crippen LogP contribution in [-0.2, 0) is 4.79 Å². The molecule has 0 spiro atoms. The van der Waals surface area contributed by atoms with Crippen molar-refractivity contribution in [1.82, 2.24) is 4.90 Å². The summed E-state index contributed by atoms with van der Waals surface area (Å²) in [5.74, 6) is -1.12. The third-order valence-electron chi connectivity index (χ3n) is 4.57. The Balaban J connectivity index is 1.88. The molecule has 0 saturated carbocycles. The Bertz CT molecular complexity index is 505. The second-order valence-corrected chi connectivity index (χ2v) is 5.71. The van der Waals surface area contributed by atoms with Crippen molar-refractivity contribution in [2.24, 2.45) is 0 Å². The second-order valence-electron chi connectivity index (χ2n) is 5.71. The lowest BCUT2D eigenvalue weighted by Gasteiger charge is -2.39. The zero-order valence-corrected chi connectivity index (χ0v) is 11.3. The first-order valence-electron chi connectivity index (χ1n) is 7.13. The van der Waals surface area contributed by atoms with Crippen LogP contribution in [0.2, 0.25) is 0 Å². The molecule has 0 radical (unpaired) electrons. The molecule has 2 heterocycles. The number of halogens is 1. The highest BCUT2D eigenvalue weighted by Crippen LogP contribution is 2.37. The van der Waals surface area contributed by atoms with E-state index in [4.69, 9.17) is 0 Å². The van der Waals surface area contributed by atoms with Gasteiger partial charge in [-0.15, -0.1) is 0 Å². The fraction of sp³-hybridized carbons (Fsp3) is 0.533. The van der Waals surface area contributed by atoms with Gasteiger partial charge in [0.15, 0.2) is 5.54 Å². The van der Waals surface area contributed by atoms with Crippen LogP contribution in [0.1, 0.15) is 25.7 Å². The second kappa shape index (κ2) is 5.05. The lowest BCUT2D eigenvalue weighted by Crippen LogP contribution is -2.57. The number of nitrogens with zero attached hydrogens (tertiary/aromatic N) is 1. The van der Waals surface area contributed by atoms with Gasteiger partial charge in [-0.2, -0.15) is 0 Å². The monoisotopic (exact) mass is 278 g/mol. The van der Waals surface area contributed by atoms with E-state index in [0.717, 1.165) is 32.4 Å². The predicted molar refractivity (Wildman–Crippen MR) is 74.2 cm³/mol. The minimum absolute atomic E-state index is 0.0267. The van der Waals surface area contributed by atoms with Gasteiger partial charge in [-0.05, 0) is 50.1 Å². The van der Waals surface area contributed by atoms with Crippen molar-refractivity contribution in [3.8, 4) is 0 Å². The lowest BCUT2D eigenvalue weighted by molar-refractivity contribution is -0.143. The normalized spacial score (nSPS) is 29.9. The summed E-state index contributed by atoms with van der Waals surface area (Å²) in [6.07, 6.45) is 3.70. The number of nitrogens with one attached hydrogen (secondary N) is 1. The van der Waals surface area contributed by atoms with E-state index in [1.54, 1.807) is 12.1 Å². The van der Waals surface area contributed by atoms with Crippen molar-refractivity contribution >= 4 is 11.7 Å². The molecule has 4 nitrogen and oxygen atoms in total. The number of rotatable bonds is 3. The van der Waals surface area contributed by atoms with Gasteiger partial charge in [-0.25, -0.2) is 9.18 Å². The van der Waals surface area contributed by atoms with E-state index in [1.165, 1.54) is 12.1 Å². The summed E-state index contributed by atoms with van der Waals surface area (Å²) in [6, 6.07) is 5.94. The number of carbonyl (C=O) groups is 1. The van der Waals surface area contributed by atoms with Crippen molar-refractivity contribution in [2.75, 3.05) is 18.4 Å². The van der Waals surface area contributed by atoms with Crippen LogP contribution in [0, 0.1) is 5.82 Å². The molecule has 2 aliphatic rings. The summed E-state index contributed by atoms with van der Waals surface area (Å²) in [4.78, 5) is 14.2. The van der Waals surface area contributed by atoms with Gasteiger partial charge < -0.3 is 10.4 Å². The van der Waals surface area contributed by atoms with E-state index in [0.29, 0.717) is 12.1 Å². The first-order valence-corrected chi connectivity index (χ1v) is 7.13. The molecule has 5 heteroatoms. The Hall–Kier alpha value is -1.62. The number of hydrogen-bond donors (Lipinski definition) is 2. The Morgan fingerprint density at radius 3 is 2.75 bits per heavy atom. The van der Waals surface area contributed by atoms with Crippen molar-refractivity contribution < 1.29 is 14.3 Å². The summed E-state index contributed by atoms with van der Waals surface area (Å²) in [5, 5.41) is 12.9. The zero-order valence-electron chi connectivity index (χ0n) is 11.3. The van der Waals surface area contributed by atoms with Gasteiger partial charge in [0.25, 0.3) is 0 Å². The van der Waals surface area contributed by atoms with Crippen LogP contribution in [-0.4, -0.2) is 40.6 Å². The fourth-order valence-electron chi connectivity index (χ4n) is 3.54. The Kier molecular flexibility index (Phi) is 3.38. The van der Waals surface area contributed by atoms with Gasteiger partial charge >= 0.3 is 5.97 Å². The number of hydrogen-bond acceptors (Lipinski definition) is 3. The molecule has 2 saturated heterocycles. The average Bonchev–Trinajstić information content (AvgIpc) is 2.82. The van der Waals surface area contributed by atoms with Gasteiger partial charge in [0.2, 0.25) is 0 Å². The number of carboxylic acids is 1. The number of fused-ring (bicyclic) bond motifs is 1. The number of carboxylic acid groups (broad SMARTS) is 1. The van der Waals surface area contributed by atoms with Gasteiger partial charge in [0.1, 0.15) is 5.82 Å². The molecule has 0 bridgehead atoms. The van der Waals surface area contributed by atoms with E-state index in [-0.39, 0.29) is 11.9 Å². The summed E-state index contributed by atoms with van der Waals surface area (Å²) < 4.78 is 13.0. The van der Waals surface area contributed by atoms with Gasteiger partial charge in [-0.3, -0.25) is 4.90 Å². The molecule has 2 N–H and O–H groups in total. The largest absolute Gasteiger partial charge is 0.479 e. The third kappa shape index (κ3) is 2.16. The van der Waals surface area contributed by atoms with Crippen LogP contribution in [0.25, 0.3) is 0 Å². The van der Waals surface area contributed by atoms with Crippen LogP contribution in [0.15, 0.2) is 24.3 Å². The molecule has 20 heavy (non-hydrogen) atoms. The number of piperidine rings is 1. The van der Waals surface area contributed by atoms with Crippen LogP contribution >= 0.6 is 0 Å². The molecule has 0 aromatic heterocycles. The molecule has 2 unspecified atom stereocenters. The smallest absolute Gasteiger partial charge is 0.331 e. The highest BCUT2D eigenvalue weighted by atomic mass is 19.1. The summed E-state index contributed by atoms with van der Waals surface area (Å²) in [6.45, 7) is 1.79. The minimum atomic E-state index is -0.946. The molecular formula is C15H19FN2O2. The van der Waals surface area contributed by atoms with Crippen LogP contribution in [0.5, 0.6) is 0 Å². The van der Waals surface area contributed by atoms with Crippen LogP contribution in [0.3, 0.4) is 0 Å². The Labute approximate surface area is 117 Å². The SMILES string of the molecule is O=C(O)C1(Nc2ccc(F)cc2)CCN2CCCCC21. The maximum Gasteiger partial charge on any atom is 0.331 e. The first kappa shape index (κ1) is 13.4. The van der Waals surface area contributed by atoms with Crippen LogP contribution < -0.4 is 5.32 Å². The lowest BCUT2D eigenvalue weighted by atomic mass is 9.85. The van der Waals surface area contributed by atoms with Crippen molar-refractivity contribution in [1.29, 1.82) is 0 Å². The van der Waals surface area contributed by atoms with E-state index in [9.17, 15) is 14.3 Å². The molecule has 2 atom stereocenters. The average molecular weight is 278 g/mol. The van der Waals surface area contributed by atoms with Crippen molar-refractivity contribution in [3.05, 3.63) is 30.1 Å². The molecular weight excluding hydrogens is 259 g/mol. The summed E-state index contributed by atoms with van der Waals surface area (Å²) >= 11 is 0. The maximum atomic E-state index is 13.0. The first-order chi connectivity index (χ1) is 9.62. The molecule has 0 amide bonds. The molecule has 2 aliphatic heterocycles. The highest BCUT2D eigenvalue weighted by Gasteiger charge is 2.53. The third-order valence-corrected chi connectivity index (χ3v) is 4.57. The van der Waals surface area contributed by atoms with E-state index in [2.05, 4.69) is 10.2 Å². The molecule has 0 aliphatic carbocycles. The van der Waals surface area contributed by atoms with E-state index in [1.807, 2.05) is 0 Å². The molecule has 1 aromatic carbocycles. The molecule has 3 rings (SSSR count). The van der Waals surface area contributed by atoms with Gasteiger partial charge in [0, 0.05) is 18.3 Å². The Morgan fingerprint density at radius 1 is 1.30 bits per heavy atom. The topological polar surface area (TPSA) is 52.6 Å². The Morgan fingerprint density at radius 2 is 2.05 bits per heavy atom. The van der Waals surface area contributed by atoms with Crippen LogP contribution in [0.4, 0.5) is 10.1 Å². The number of aliphatic carboxylic acids is 1. The van der Waals surface area contributed by atoms with E-state index >= 15 is 0 Å². The standard InChI is InChI=1S/C15H19FN2O2/c16-11-4-6-12(7-5-11)17-15(14(19)20)8-10-18-9-2-1-3-13(15)18/h4-7,13,17H,1-3,8-10H2,(H,19,20). The van der Waals surface area contributed by atoms with E-state index < -0.39 is 11.5 Å². The molecule has 108 valence electrons. The maximum absolute atomic E-state index is 13.0. The van der Waals surface area contributed by atoms with Crippen molar-refractivity contribution in [3.63, 3.8) is 0 Å². The van der Waals surface area contributed by atoms with Gasteiger partial charge in [0.05, 0.1) is 0 Å². The molecule has 1 aromatic rings. The highest BCUT2D eigenvalue weighted by molar-refractivity contribution is 5.84. The fourth-order valence-corrected chi connectivity index (χ4v) is 3.54. The predicted octanol–water partition coefficient (Wildman–Crippen LogP) is 2.32. The summed E-state index contributed by atoms with van der Waals surface area (Å²) in [5.41, 5.74) is -0.278. The number of anilines is 1. The molecule has 2 fully saturated rings.